The van der Waals surface area contributed by atoms with Crippen molar-refractivity contribution in [1.82, 2.24) is 49.8 Å². The summed E-state index contributed by atoms with van der Waals surface area (Å²) in [5.74, 6) is 5.11. The lowest BCUT2D eigenvalue weighted by atomic mass is 9.99. The Kier molecular flexibility index (Phi) is 21.2. The molecule has 10 nitrogen and oxygen atoms in total. The van der Waals surface area contributed by atoms with Crippen molar-refractivity contribution in [2.75, 3.05) is 0 Å². The average molecular weight is 1540 g/mol. The van der Waals surface area contributed by atoms with Crippen molar-refractivity contribution < 1.29 is 0 Å². The first kappa shape index (κ1) is 73.8. The molecule has 120 heavy (non-hydrogen) atoms. The second-order valence-electron chi connectivity index (χ2n) is 29.1. The average Bonchev–Trinajstić information content (AvgIpc) is 0.790. The predicted molar refractivity (Wildman–Crippen MR) is 489 cm³/mol. The minimum absolute atomic E-state index is 0.616. The Morgan fingerprint density at radius 3 is 0.450 bits per heavy atom. The molecule has 0 N–H and O–H groups in total. The van der Waals surface area contributed by atoms with E-state index in [0.29, 0.717) is 46.6 Å². The minimum atomic E-state index is 0.616. The first-order valence-corrected chi connectivity index (χ1v) is 40.0. The van der Waals surface area contributed by atoms with Crippen LogP contribution in [0.15, 0.2) is 449 Å². The lowest BCUT2D eigenvalue weighted by Gasteiger charge is -2.12. The largest absolute Gasteiger partial charge is 0.228 e. The van der Waals surface area contributed by atoms with Gasteiger partial charge in [0.1, 0.15) is 0 Å². The molecule has 20 rings (SSSR count). The van der Waals surface area contributed by atoms with Crippen LogP contribution in [0, 0.1) is 0 Å². The highest BCUT2D eigenvalue weighted by Gasteiger charge is 2.19. The van der Waals surface area contributed by atoms with Gasteiger partial charge in [-0.2, -0.15) is 0 Å². The Morgan fingerprint density at radius 2 is 0.217 bits per heavy atom. The van der Waals surface area contributed by atoms with E-state index < -0.39 is 0 Å². The van der Waals surface area contributed by atoms with Crippen molar-refractivity contribution in [3.63, 3.8) is 0 Å². The molecule has 20 aromatic rings. The zero-order valence-corrected chi connectivity index (χ0v) is 65.2. The van der Waals surface area contributed by atoms with Gasteiger partial charge in [0.05, 0.1) is 22.8 Å². The maximum absolute atomic E-state index is 5.14. The van der Waals surface area contributed by atoms with Gasteiger partial charge in [0, 0.05) is 66.8 Å². The fourth-order valence-corrected chi connectivity index (χ4v) is 14.8. The summed E-state index contributed by atoms with van der Waals surface area (Å²) in [6.45, 7) is 0. The minimum Gasteiger partial charge on any atom is -0.228 e. The molecule has 0 aliphatic carbocycles. The van der Waals surface area contributed by atoms with E-state index in [1.807, 2.05) is 121 Å². The monoisotopic (exact) mass is 1530 g/mol. The summed E-state index contributed by atoms with van der Waals surface area (Å²) in [6, 6.07) is 154. The van der Waals surface area contributed by atoms with Crippen LogP contribution in [0.5, 0.6) is 0 Å². The molecule has 0 aliphatic rings. The Hall–Kier alpha value is -16.3. The molecular weight excluding hydrogens is 1460 g/mol. The zero-order chi connectivity index (χ0) is 80.2. The summed E-state index contributed by atoms with van der Waals surface area (Å²) < 4.78 is 0. The molecule has 16 aromatic carbocycles. The van der Waals surface area contributed by atoms with Gasteiger partial charge in [-0.25, -0.2) is 49.8 Å². The lowest BCUT2D eigenvalue weighted by Crippen LogP contribution is -2.00. The molecule has 0 saturated carbocycles. The van der Waals surface area contributed by atoms with E-state index in [1.165, 1.54) is 22.3 Å². The van der Waals surface area contributed by atoms with Crippen molar-refractivity contribution >= 4 is 0 Å². The molecule has 564 valence electrons. The Labute approximate surface area is 697 Å². The molecule has 0 fully saturated rings. The van der Waals surface area contributed by atoms with E-state index in [0.717, 1.165) is 134 Å². The van der Waals surface area contributed by atoms with E-state index in [9.17, 15) is 0 Å². The van der Waals surface area contributed by atoms with E-state index in [2.05, 4.69) is 328 Å². The van der Waals surface area contributed by atoms with Crippen LogP contribution in [0.4, 0.5) is 0 Å². The van der Waals surface area contributed by atoms with Crippen LogP contribution in [0.1, 0.15) is 0 Å². The summed E-state index contributed by atoms with van der Waals surface area (Å²) in [5.41, 5.74) is 28.6. The number of hydrogen-bond acceptors (Lipinski definition) is 10. The molecule has 0 spiro atoms. The topological polar surface area (TPSA) is 129 Å². The quantitative estimate of drug-likeness (QED) is 0.0819. The van der Waals surface area contributed by atoms with Crippen LogP contribution in [-0.4, -0.2) is 49.8 Å². The molecule has 4 aromatic heterocycles. The standard InChI is InChI=1S/2C55H37N5/c1-5-14-38(15-6-1)40-24-30-43(31-25-40)50-37-51(57-52(56-50)44-18-9-3-10-19-44)49-23-13-22-48(36-49)42-28-34-47(35-29-42)55-59-53(45-20-11-4-12-21-45)58-54(60-55)46-32-26-41(27-33-46)39-16-7-2-8-17-39;1-5-14-38(15-6-1)40-24-30-45(31-25-40)52-56-50(43-18-9-3-10-19-43)37-51(57-52)49-23-13-22-48(36-49)42-28-34-47(35-29-42)55-59-53(44-20-11-4-12-21-44)58-54(60-55)46-32-26-41(27-33-46)39-16-7-2-8-17-39/h2*1-37H. The highest BCUT2D eigenvalue weighted by atomic mass is 15.0. The Morgan fingerprint density at radius 1 is 0.0833 bits per heavy atom. The third kappa shape index (κ3) is 16.8. The molecule has 0 aliphatic heterocycles. The third-order valence-electron chi connectivity index (χ3n) is 21.2. The first-order valence-electron chi connectivity index (χ1n) is 40.0. The van der Waals surface area contributed by atoms with E-state index in [1.54, 1.807) is 0 Å². The van der Waals surface area contributed by atoms with Crippen molar-refractivity contribution in [3.05, 3.63) is 449 Å². The highest BCUT2D eigenvalue weighted by Crippen LogP contribution is 2.38. The molecule has 4 heterocycles. The van der Waals surface area contributed by atoms with Crippen LogP contribution in [0.3, 0.4) is 0 Å². The van der Waals surface area contributed by atoms with E-state index >= 15 is 0 Å². The fraction of sp³-hybridized carbons (Fsp3) is 0. The first-order chi connectivity index (χ1) is 59.4. The number of hydrogen-bond donors (Lipinski definition) is 0. The van der Waals surface area contributed by atoms with Gasteiger partial charge in [0.2, 0.25) is 0 Å². The molecule has 0 unspecified atom stereocenters. The van der Waals surface area contributed by atoms with Crippen LogP contribution >= 0.6 is 0 Å². The van der Waals surface area contributed by atoms with Crippen LogP contribution < -0.4 is 0 Å². The molecular formula is C110H74N10. The second-order valence-corrected chi connectivity index (χ2v) is 29.1. The highest BCUT2D eigenvalue weighted by molar-refractivity contribution is 5.82. The molecule has 0 radical (unpaired) electrons. The zero-order valence-electron chi connectivity index (χ0n) is 65.2. The van der Waals surface area contributed by atoms with E-state index in [-0.39, 0.29) is 0 Å². The van der Waals surface area contributed by atoms with Gasteiger partial charge >= 0.3 is 0 Å². The summed E-state index contributed by atoms with van der Waals surface area (Å²) in [5, 5.41) is 0. The van der Waals surface area contributed by atoms with Crippen molar-refractivity contribution in [2.45, 2.75) is 0 Å². The number of aromatic nitrogens is 10. The van der Waals surface area contributed by atoms with Crippen molar-refractivity contribution in [1.29, 1.82) is 0 Å². The summed E-state index contributed by atoms with van der Waals surface area (Å²) in [7, 11) is 0. The second kappa shape index (κ2) is 34.4. The summed E-state index contributed by atoms with van der Waals surface area (Å²) in [6.07, 6.45) is 0. The van der Waals surface area contributed by atoms with Crippen molar-refractivity contribution in [3.8, 4) is 203 Å². The fourth-order valence-electron chi connectivity index (χ4n) is 14.8. The lowest BCUT2D eigenvalue weighted by molar-refractivity contribution is 1.07. The maximum atomic E-state index is 5.14. The molecule has 0 amide bonds. The van der Waals surface area contributed by atoms with Gasteiger partial charge in [0.15, 0.2) is 46.6 Å². The predicted octanol–water partition coefficient (Wildman–Crippen LogP) is 27.3. The molecule has 0 bridgehead atoms. The van der Waals surface area contributed by atoms with Gasteiger partial charge in [-0.3, -0.25) is 0 Å². The Bertz CT molecular complexity index is 6470. The van der Waals surface area contributed by atoms with Crippen LogP contribution in [-0.2, 0) is 0 Å². The summed E-state index contributed by atoms with van der Waals surface area (Å²) >= 11 is 0. The molecule has 0 atom stereocenters. The number of nitrogens with zero attached hydrogens (tertiary/aromatic N) is 10. The smallest absolute Gasteiger partial charge is 0.164 e. The Balaban J connectivity index is 0.000000159. The van der Waals surface area contributed by atoms with E-state index in [4.69, 9.17) is 49.8 Å². The van der Waals surface area contributed by atoms with Gasteiger partial charge in [-0.15, -0.1) is 0 Å². The van der Waals surface area contributed by atoms with Crippen molar-refractivity contribution in [2.24, 2.45) is 0 Å². The third-order valence-corrected chi connectivity index (χ3v) is 21.2. The van der Waals surface area contributed by atoms with Gasteiger partial charge < -0.3 is 0 Å². The van der Waals surface area contributed by atoms with Gasteiger partial charge in [0.25, 0.3) is 0 Å². The molecule has 10 heteroatoms. The van der Waals surface area contributed by atoms with Crippen LogP contribution in [0.25, 0.3) is 203 Å². The number of benzene rings is 16. The maximum Gasteiger partial charge on any atom is 0.164 e. The van der Waals surface area contributed by atoms with Gasteiger partial charge in [-0.05, 0) is 91.0 Å². The van der Waals surface area contributed by atoms with Crippen LogP contribution in [0.2, 0.25) is 0 Å². The molecule has 0 saturated heterocycles. The van der Waals surface area contributed by atoms with Gasteiger partial charge in [-0.1, -0.05) is 425 Å². The SMILES string of the molecule is c1ccc(-c2ccc(-c3cc(-c4cccc(-c5ccc(-c6nc(-c7ccccc7)nc(-c7ccc(-c8ccccc8)cc7)n6)cc5)c4)nc(-c4ccccc4)n3)cc2)cc1.c1ccc(-c2ccc(-c3nc(-c4ccccc4)cc(-c4cccc(-c5ccc(-c6nc(-c7ccccc7)nc(-c7ccc(-c8ccccc8)cc7)n6)cc5)c4)n3)cc2)cc1. The number of rotatable bonds is 18. The summed E-state index contributed by atoms with van der Waals surface area (Å²) in [4.78, 5) is 50.2. The normalized spacial score (nSPS) is 11.0.